The molecule has 0 saturated carbocycles. The van der Waals surface area contributed by atoms with E-state index in [-0.39, 0.29) is 11.9 Å². The highest BCUT2D eigenvalue weighted by atomic mass is 32.2. The molecule has 1 amide bonds. The summed E-state index contributed by atoms with van der Waals surface area (Å²) < 4.78 is 0. The maximum absolute atomic E-state index is 11.4. The van der Waals surface area contributed by atoms with Crippen LogP contribution in [0.15, 0.2) is 24.3 Å². The molecule has 1 N–H and O–H groups in total. The molecule has 0 heterocycles. The van der Waals surface area contributed by atoms with E-state index < -0.39 is 0 Å². The summed E-state index contributed by atoms with van der Waals surface area (Å²) >= 11 is 1.93. The minimum Gasteiger partial charge on any atom is -0.352 e. The molecule has 1 aliphatic carbocycles. The molecule has 1 rings (SSSR count). The van der Waals surface area contributed by atoms with Crippen molar-refractivity contribution in [3.05, 3.63) is 24.3 Å². The van der Waals surface area contributed by atoms with E-state index in [0.717, 1.165) is 12.8 Å². The number of carbonyl (C=O) groups excluding carboxylic acids is 1. The number of hydrogen-bond donors (Lipinski definition) is 1. The van der Waals surface area contributed by atoms with Gasteiger partial charge in [-0.1, -0.05) is 31.6 Å². The fraction of sp³-hybridized carbons (Fsp3) is 0.667. The fourth-order valence-corrected chi connectivity index (χ4v) is 3.98. The zero-order valence-corrected chi connectivity index (χ0v) is 12.7. The van der Waals surface area contributed by atoms with Gasteiger partial charge < -0.3 is 5.32 Å². The van der Waals surface area contributed by atoms with Gasteiger partial charge >= 0.3 is 0 Å². The molecule has 0 spiro atoms. The van der Waals surface area contributed by atoms with Crippen molar-refractivity contribution in [2.24, 2.45) is 5.92 Å². The molecule has 0 fully saturated rings. The van der Waals surface area contributed by atoms with E-state index >= 15 is 0 Å². The third-order valence-corrected chi connectivity index (χ3v) is 4.45. The lowest BCUT2D eigenvalue weighted by atomic mass is 9.82. The number of amides is 1. The molecule has 1 aliphatic rings. The van der Waals surface area contributed by atoms with Gasteiger partial charge in [-0.05, 0) is 30.9 Å². The monoisotopic (exact) mass is 267 g/mol. The molecular weight excluding hydrogens is 242 g/mol. The Morgan fingerprint density at radius 3 is 2.83 bits per heavy atom. The SMILES string of the molecule is C=CCC1CC(C)=CC(SC(C)C)[C@@H]1NC(C)=O. The van der Waals surface area contributed by atoms with Crippen LogP contribution in [0.5, 0.6) is 0 Å². The summed E-state index contributed by atoms with van der Waals surface area (Å²) in [6, 6.07) is 0.233. The summed E-state index contributed by atoms with van der Waals surface area (Å²) in [6.07, 6.45) is 6.32. The van der Waals surface area contributed by atoms with Crippen LogP contribution < -0.4 is 5.32 Å². The summed E-state index contributed by atoms with van der Waals surface area (Å²) in [7, 11) is 0. The average molecular weight is 267 g/mol. The van der Waals surface area contributed by atoms with E-state index in [4.69, 9.17) is 0 Å². The van der Waals surface area contributed by atoms with Crippen molar-refractivity contribution in [3.8, 4) is 0 Å². The second-order valence-corrected chi connectivity index (χ2v) is 7.14. The van der Waals surface area contributed by atoms with Crippen molar-refractivity contribution in [1.29, 1.82) is 0 Å². The molecule has 0 aromatic rings. The van der Waals surface area contributed by atoms with Crippen molar-refractivity contribution < 1.29 is 4.79 Å². The van der Waals surface area contributed by atoms with Crippen LogP contribution in [0.3, 0.4) is 0 Å². The molecule has 3 atom stereocenters. The van der Waals surface area contributed by atoms with Crippen LogP contribution in [0.1, 0.15) is 40.5 Å². The van der Waals surface area contributed by atoms with Gasteiger partial charge in [0.1, 0.15) is 0 Å². The van der Waals surface area contributed by atoms with Crippen LogP contribution in [0.2, 0.25) is 0 Å². The number of hydrogen-bond acceptors (Lipinski definition) is 2. The largest absolute Gasteiger partial charge is 0.352 e. The zero-order valence-electron chi connectivity index (χ0n) is 11.9. The standard InChI is InChI=1S/C15H25NOS/c1-6-7-13-8-11(4)9-14(18-10(2)3)15(13)16-12(5)17/h6,9-10,13-15H,1,7-8H2,2-5H3,(H,16,17)/t13?,14?,15-/m1/s1. The molecule has 0 saturated heterocycles. The minimum atomic E-state index is 0.0661. The second kappa shape index (κ2) is 7.03. The molecule has 0 radical (unpaired) electrons. The van der Waals surface area contributed by atoms with Crippen molar-refractivity contribution >= 4 is 17.7 Å². The first kappa shape index (κ1) is 15.4. The predicted octanol–water partition coefficient (Wildman–Crippen LogP) is 3.54. The van der Waals surface area contributed by atoms with Gasteiger partial charge in [0, 0.05) is 18.2 Å². The molecule has 0 aromatic heterocycles. The van der Waals surface area contributed by atoms with Gasteiger partial charge in [0.15, 0.2) is 0 Å². The van der Waals surface area contributed by atoms with Crippen LogP contribution in [0.25, 0.3) is 0 Å². The number of nitrogens with one attached hydrogen (secondary N) is 1. The quantitative estimate of drug-likeness (QED) is 0.772. The van der Waals surface area contributed by atoms with Gasteiger partial charge in [0.2, 0.25) is 5.91 Å². The molecule has 0 aromatic carbocycles. The van der Waals surface area contributed by atoms with E-state index in [9.17, 15) is 4.79 Å². The van der Waals surface area contributed by atoms with E-state index in [1.165, 1.54) is 5.57 Å². The number of rotatable bonds is 5. The lowest BCUT2D eigenvalue weighted by Gasteiger charge is -2.37. The molecule has 3 heteroatoms. The fourth-order valence-electron chi connectivity index (χ4n) is 2.58. The molecular formula is C15H25NOS. The van der Waals surface area contributed by atoms with Crippen molar-refractivity contribution in [2.45, 2.75) is 57.1 Å². The van der Waals surface area contributed by atoms with E-state index in [2.05, 4.69) is 38.7 Å². The summed E-state index contributed by atoms with van der Waals surface area (Å²) in [5.74, 6) is 0.545. The molecule has 0 aliphatic heterocycles. The van der Waals surface area contributed by atoms with Gasteiger partial charge in [-0.25, -0.2) is 0 Å². The lowest BCUT2D eigenvalue weighted by molar-refractivity contribution is -0.120. The van der Waals surface area contributed by atoms with Crippen LogP contribution >= 0.6 is 11.8 Å². The first-order valence-electron chi connectivity index (χ1n) is 6.64. The first-order valence-corrected chi connectivity index (χ1v) is 7.59. The van der Waals surface area contributed by atoms with Crippen LogP contribution in [-0.2, 0) is 4.79 Å². The van der Waals surface area contributed by atoms with E-state index in [0.29, 0.717) is 16.4 Å². The Hall–Kier alpha value is -0.700. The van der Waals surface area contributed by atoms with Crippen molar-refractivity contribution in [3.63, 3.8) is 0 Å². The minimum absolute atomic E-state index is 0.0661. The molecule has 102 valence electrons. The van der Waals surface area contributed by atoms with Crippen LogP contribution in [0, 0.1) is 5.92 Å². The molecule has 2 nitrogen and oxygen atoms in total. The number of allylic oxidation sites excluding steroid dienone is 2. The predicted molar refractivity (Wildman–Crippen MR) is 80.8 cm³/mol. The molecule has 2 unspecified atom stereocenters. The van der Waals surface area contributed by atoms with Gasteiger partial charge in [-0.15, -0.1) is 18.3 Å². The molecule has 18 heavy (non-hydrogen) atoms. The Kier molecular flexibility index (Phi) is 6.00. The first-order chi connectivity index (χ1) is 8.43. The Morgan fingerprint density at radius 1 is 1.67 bits per heavy atom. The van der Waals surface area contributed by atoms with Crippen molar-refractivity contribution in [2.75, 3.05) is 0 Å². The van der Waals surface area contributed by atoms with E-state index in [1.54, 1.807) is 6.92 Å². The summed E-state index contributed by atoms with van der Waals surface area (Å²) in [5.41, 5.74) is 1.43. The van der Waals surface area contributed by atoms with Gasteiger partial charge in [-0.3, -0.25) is 4.79 Å². The van der Waals surface area contributed by atoms with Crippen LogP contribution in [-0.4, -0.2) is 22.4 Å². The third kappa shape index (κ3) is 4.52. The highest BCUT2D eigenvalue weighted by Gasteiger charge is 2.32. The Balaban J connectivity index is 2.89. The van der Waals surface area contributed by atoms with Crippen LogP contribution in [0.4, 0.5) is 0 Å². The Labute approximate surface area is 115 Å². The normalized spacial score (nSPS) is 27.8. The Bertz CT molecular complexity index is 335. The highest BCUT2D eigenvalue weighted by molar-refractivity contribution is 8.00. The maximum atomic E-state index is 11.4. The summed E-state index contributed by atoms with van der Waals surface area (Å²) in [5, 5.41) is 4.09. The third-order valence-electron chi connectivity index (χ3n) is 3.16. The zero-order chi connectivity index (χ0) is 13.7. The van der Waals surface area contributed by atoms with E-state index in [1.807, 2.05) is 17.8 Å². The highest BCUT2D eigenvalue weighted by Crippen LogP contribution is 2.35. The lowest BCUT2D eigenvalue weighted by Crippen LogP contribution is -2.47. The Morgan fingerprint density at radius 2 is 2.33 bits per heavy atom. The van der Waals surface area contributed by atoms with Gasteiger partial charge in [0.25, 0.3) is 0 Å². The number of carbonyl (C=O) groups is 1. The second-order valence-electron chi connectivity index (χ2n) is 5.38. The summed E-state index contributed by atoms with van der Waals surface area (Å²) in [4.78, 5) is 11.4. The maximum Gasteiger partial charge on any atom is 0.217 e. The topological polar surface area (TPSA) is 29.1 Å². The number of thioether (sulfide) groups is 1. The smallest absolute Gasteiger partial charge is 0.217 e. The molecule has 0 bridgehead atoms. The summed E-state index contributed by atoms with van der Waals surface area (Å²) in [6.45, 7) is 12.0. The van der Waals surface area contributed by atoms with Gasteiger partial charge in [0.05, 0.1) is 0 Å². The van der Waals surface area contributed by atoms with Crippen molar-refractivity contribution in [1.82, 2.24) is 5.32 Å². The van der Waals surface area contributed by atoms with Gasteiger partial charge in [-0.2, -0.15) is 0 Å². The average Bonchev–Trinajstić information content (AvgIpc) is 2.22.